The minimum absolute atomic E-state index is 0.158. The van der Waals surface area contributed by atoms with Crippen molar-refractivity contribution < 1.29 is 29.0 Å². The van der Waals surface area contributed by atoms with E-state index in [4.69, 9.17) is 21.1 Å². The molecule has 0 aliphatic carbocycles. The third-order valence-electron chi connectivity index (χ3n) is 7.94. The van der Waals surface area contributed by atoms with E-state index >= 15 is 0 Å². The van der Waals surface area contributed by atoms with Crippen LogP contribution < -0.4 is 4.90 Å². The summed E-state index contributed by atoms with van der Waals surface area (Å²) in [6, 6.07) is 5.25. The highest BCUT2D eigenvalue weighted by Crippen LogP contribution is 2.57. The average Bonchev–Trinajstić information content (AvgIpc) is 3.17. The molecule has 2 fully saturated rings. The standard InChI is InChI=1S/C28H33ClN2O6/c1-17(2)15-20(16-32)31-23-25(34)30(19-9-7-18(29)8-10-19)13-6-12-28(23)21(24(31)33)22-26(35)36-14-5-4-11-27(22,3)37-28/h4,6-12,17,20-23,32H,5,13-16H2,1-3H3/t20-,21+,22-,23?,27+,28+/m1/s1. The number of carbonyl (C=O) groups excluding carboxylic acids is 3. The van der Waals surface area contributed by atoms with Crippen LogP contribution in [0.3, 0.4) is 0 Å². The fraction of sp³-hybridized carbons (Fsp3) is 0.536. The van der Waals surface area contributed by atoms with Gasteiger partial charge in [-0.05, 0) is 49.9 Å². The lowest BCUT2D eigenvalue weighted by Crippen LogP contribution is -2.59. The maximum Gasteiger partial charge on any atom is 0.313 e. The number of aliphatic hydroxyl groups is 1. The number of fused-ring (bicyclic) bond motifs is 2. The maximum atomic E-state index is 14.4. The molecular weight excluding hydrogens is 496 g/mol. The van der Waals surface area contributed by atoms with E-state index in [-0.39, 0.29) is 37.5 Å². The Morgan fingerprint density at radius 1 is 1.08 bits per heavy atom. The lowest BCUT2D eigenvalue weighted by atomic mass is 9.74. The van der Waals surface area contributed by atoms with Gasteiger partial charge in [-0.1, -0.05) is 49.8 Å². The third-order valence-corrected chi connectivity index (χ3v) is 8.20. The molecule has 0 saturated carbocycles. The van der Waals surface area contributed by atoms with Crippen molar-refractivity contribution in [2.24, 2.45) is 17.8 Å². The number of hydrogen-bond acceptors (Lipinski definition) is 6. The first-order chi connectivity index (χ1) is 17.6. The zero-order chi connectivity index (χ0) is 26.5. The summed E-state index contributed by atoms with van der Waals surface area (Å²) >= 11 is 6.09. The van der Waals surface area contributed by atoms with E-state index in [9.17, 15) is 19.5 Å². The summed E-state index contributed by atoms with van der Waals surface area (Å²) in [6.45, 7) is 5.94. The Bertz CT molecular complexity index is 1150. The van der Waals surface area contributed by atoms with Crippen molar-refractivity contribution >= 4 is 35.1 Å². The van der Waals surface area contributed by atoms with E-state index in [0.717, 1.165) is 0 Å². The molecule has 6 atom stereocenters. The second-order valence-corrected chi connectivity index (χ2v) is 11.3. The first-order valence-corrected chi connectivity index (χ1v) is 13.2. The van der Waals surface area contributed by atoms with Gasteiger partial charge in [-0.3, -0.25) is 14.4 Å². The van der Waals surface area contributed by atoms with Gasteiger partial charge < -0.3 is 24.4 Å². The van der Waals surface area contributed by atoms with Crippen LogP contribution in [0.4, 0.5) is 5.69 Å². The molecule has 198 valence electrons. The Morgan fingerprint density at radius 3 is 2.49 bits per heavy atom. The number of aliphatic hydroxyl groups excluding tert-OH is 1. The maximum absolute atomic E-state index is 14.4. The molecule has 5 rings (SSSR count). The molecule has 4 aliphatic heterocycles. The number of anilines is 1. The smallest absolute Gasteiger partial charge is 0.313 e. The first kappa shape index (κ1) is 25.9. The third kappa shape index (κ3) is 4.10. The fourth-order valence-corrected chi connectivity index (χ4v) is 6.62. The van der Waals surface area contributed by atoms with Gasteiger partial charge in [0.1, 0.15) is 17.6 Å². The lowest BCUT2D eigenvalue weighted by molar-refractivity contribution is -0.160. The second kappa shape index (κ2) is 9.57. The Morgan fingerprint density at radius 2 is 1.81 bits per heavy atom. The van der Waals surface area contributed by atoms with Crippen LogP contribution in [-0.2, 0) is 23.9 Å². The molecule has 9 heteroatoms. The van der Waals surface area contributed by atoms with Crippen LogP contribution in [0, 0.1) is 17.8 Å². The molecule has 37 heavy (non-hydrogen) atoms. The molecule has 2 saturated heterocycles. The molecule has 8 nitrogen and oxygen atoms in total. The topological polar surface area (TPSA) is 96.4 Å². The number of rotatable bonds is 5. The number of benzene rings is 1. The number of hydrogen-bond donors (Lipinski definition) is 1. The van der Waals surface area contributed by atoms with Crippen molar-refractivity contribution in [3.05, 3.63) is 53.6 Å². The summed E-state index contributed by atoms with van der Waals surface area (Å²) in [5, 5.41) is 10.9. The van der Waals surface area contributed by atoms with Gasteiger partial charge in [0.2, 0.25) is 5.91 Å². The molecule has 0 bridgehead atoms. The highest BCUT2D eigenvalue weighted by atomic mass is 35.5. The minimum atomic E-state index is -1.40. The highest BCUT2D eigenvalue weighted by molar-refractivity contribution is 6.30. The second-order valence-electron chi connectivity index (χ2n) is 10.9. The van der Waals surface area contributed by atoms with Crippen LogP contribution in [-0.4, -0.2) is 70.8 Å². The van der Waals surface area contributed by atoms with E-state index < -0.39 is 41.1 Å². The van der Waals surface area contributed by atoms with Gasteiger partial charge in [0, 0.05) is 17.3 Å². The predicted molar refractivity (Wildman–Crippen MR) is 138 cm³/mol. The summed E-state index contributed by atoms with van der Waals surface area (Å²) in [5.74, 6) is -2.95. The molecule has 1 aromatic rings. The van der Waals surface area contributed by atoms with Crippen LogP contribution in [0.25, 0.3) is 0 Å². The molecule has 2 amide bonds. The summed E-state index contributed by atoms with van der Waals surface area (Å²) in [4.78, 5) is 45.1. The van der Waals surface area contributed by atoms with E-state index in [2.05, 4.69) is 0 Å². The summed E-state index contributed by atoms with van der Waals surface area (Å²) in [7, 11) is 0. The van der Waals surface area contributed by atoms with E-state index in [1.165, 1.54) is 4.90 Å². The number of halogens is 1. The Balaban J connectivity index is 1.67. The Kier molecular flexibility index (Phi) is 6.71. The van der Waals surface area contributed by atoms with Gasteiger partial charge in [0.25, 0.3) is 5.91 Å². The normalized spacial score (nSPS) is 34.0. The number of amides is 2. The molecule has 0 radical (unpaired) electrons. The summed E-state index contributed by atoms with van der Waals surface area (Å²) in [5.41, 5.74) is -1.90. The number of carbonyl (C=O) groups is 3. The SMILES string of the molecule is CC(C)C[C@H](CO)N1C(=O)[C@@H]2[C@@H]3C(=O)OCCC=C[C@]3(C)O[C@@]23C=CCN(c2ccc(Cl)cc2)C(=O)C13. The molecule has 4 heterocycles. The fourth-order valence-electron chi connectivity index (χ4n) is 6.49. The number of ether oxygens (including phenoxy) is 2. The van der Waals surface area contributed by atoms with E-state index in [1.807, 2.05) is 32.1 Å². The zero-order valence-electron chi connectivity index (χ0n) is 21.3. The number of esters is 1. The Labute approximate surface area is 221 Å². The molecule has 1 spiro atoms. The Hall–Kier alpha value is -2.68. The van der Waals surface area contributed by atoms with Gasteiger partial charge >= 0.3 is 5.97 Å². The van der Waals surface area contributed by atoms with Crippen LogP contribution in [0.2, 0.25) is 5.02 Å². The predicted octanol–water partition coefficient (Wildman–Crippen LogP) is 3.12. The van der Waals surface area contributed by atoms with Crippen molar-refractivity contribution in [1.82, 2.24) is 4.90 Å². The molecule has 1 N–H and O–H groups in total. The monoisotopic (exact) mass is 528 g/mol. The van der Waals surface area contributed by atoms with Crippen molar-refractivity contribution in [1.29, 1.82) is 0 Å². The van der Waals surface area contributed by atoms with Crippen molar-refractivity contribution in [3.63, 3.8) is 0 Å². The number of cyclic esters (lactones) is 1. The van der Waals surface area contributed by atoms with E-state index in [1.54, 1.807) is 42.2 Å². The average molecular weight is 529 g/mol. The van der Waals surface area contributed by atoms with Crippen molar-refractivity contribution in [2.75, 3.05) is 24.7 Å². The molecular formula is C28H33ClN2O6. The van der Waals surface area contributed by atoms with Gasteiger partial charge in [-0.25, -0.2) is 0 Å². The minimum Gasteiger partial charge on any atom is -0.465 e. The molecule has 1 unspecified atom stereocenters. The first-order valence-electron chi connectivity index (χ1n) is 12.8. The highest BCUT2D eigenvalue weighted by Gasteiger charge is 2.75. The van der Waals surface area contributed by atoms with Gasteiger partial charge in [0.05, 0.1) is 30.8 Å². The van der Waals surface area contributed by atoms with Gasteiger partial charge in [-0.15, -0.1) is 0 Å². The molecule has 4 aliphatic rings. The summed E-state index contributed by atoms with van der Waals surface area (Å²) < 4.78 is 12.3. The summed E-state index contributed by atoms with van der Waals surface area (Å²) in [6.07, 6.45) is 8.37. The van der Waals surface area contributed by atoms with Gasteiger partial charge in [-0.2, -0.15) is 0 Å². The van der Waals surface area contributed by atoms with Crippen LogP contribution in [0.5, 0.6) is 0 Å². The van der Waals surface area contributed by atoms with E-state index in [0.29, 0.717) is 23.6 Å². The number of likely N-dealkylation sites (tertiary alicyclic amines) is 1. The van der Waals surface area contributed by atoms with Crippen LogP contribution >= 0.6 is 11.6 Å². The quantitative estimate of drug-likeness (QED) is 0.466. The van der Waals surface area contributed by atoms with Crippen molar-refractivity contribution in [2.45, 2.75) is 56.9 Å². The largest absolute Gasteiger partial charge is 0.465 e. The number of nitrogens with zero attached hydrogens (tertiary/aromatic N) is 2. The zero-order valence-corrected chi connectivity index (χ0v) is 22.1. The van der Waals surface area contributed by atoms with Crippen LogP contribution in [0.15, 0.2) is 48.6 Å². The molecule has 0 aromatic heterocycles. The molecule has 1 aromatic carbocycles. The van der Waals surface area contributed by atoms with Crippen molar-refractivity contribution in [3.8, 4) is 0 Å². The lowest BCUT2D eigenvalue weighted by Gasteiger charge is -2.40. The van der Waals surface area contributed by atoms with Crippen LogP contribution in [0.1, 0.15) is 33.6 Å². The van der Waals surface area contributed by atoms with Gasteiger partial charge in [0.15, 0.2) is 0 Å².